The summed E-state index contributed by atoms with van der Waals surface area (Å²) in [5, 5.41) is 5.97. The lowest BCUT2D eigenvalue weighted by atomic mass is 9.73. The van der Waals surface area contributed by atoms with E-state index in [9.17, 15) is 24.0 Å². The molecule has 296 valence electrons. The molecule has 0 aliphatic carbocycles. The lowest BCUT2D eigenvalue weighted by molar-refractivity contribution is -0.125. The van der Waals surface area contributed by atoms with Gasteiger partial charge in [0.25, 0.3) is 17.7 Å². The number of primary amides is 1. The molecule has 5 saturated heterocycles. The average Bonchev–Trinajstić information content (AvgIpc) is 3.66. The van der Waals surface area contributed by atoms with E-state index in [1.807, 2.05) is 30.1 Å². The van der Waals surface area contributed by atoms with Crippen LogP contribution in [0.1, 0.15) is 69.7 Å². The fourth-order valence-corrected chi connectivity index (χ4v) is 9.48. The third-order valence-electron chi connectivity index (χ3n) is 12.5. The van der Waals surface area contributed by atoms with Crippen molar-refractivity contribution in [2.75, 3.05) is 79.4 Å². The molecule has 1 spiro atoms. The van der Waals surface area contributed by atoms with Crippen molar-refractivity contribution in [3.8, 4) is 0 Å². The van der Waals surface area contributed by atoms with Crippen LogP contribution in [0.4, 0.5) is 33.5 Å². The van der Waals surface area contributed by atoms with Gasteiger partial charge in [-0.1, -0.05) is 6.58 Å². The molecular formula is C41H47N11O5. The monoisotopic (exact) mass is 773 g/mol. The van der Waals surface area contributed by atoms with Gasteiger partial charge < -0.3 is 40.9 Å². The fraction of sp³-hybridized carbons (Fsp3) is 0.439. The molecule has 57 heavy (non-hydrogen) atoms. The van der Waals surface area contributed by atoms with E-state index in [0.29, 0.717) is 48.6 Å². The van der Waals surface area contributed by atoms with Gasteiger partial charge in [0.05, 0.1) is 23.4 Å². The summed E-state index contributed by atoms with van der Waals surface area (Å²) in [5.74, 6) is -0.986. The summed E-state index contributed by atoms with van der Waals surface area (Å²) >= 11 is 0. The predicted molar refractivity (Wildman–Crippen MR) is 214 cm³/mol. The second-order valence-electron chi connectivity index (χ2n) is 16.3. The number of hydrogen-bond acceptors (Lipinski definition) is 11. The second kappa shape index (κ2) is 14.1. The summed E-state index contributed by atoms with van der Waals surface area (Å²) in [4.78, 5) is 85.2. The van der Waals surface area contributed by atoms with Crippen molar-refractivity contribution in [2.24, 2.45) is 11.1 Å². The SMILES string of the molecule is C=C1CCC(N2C(=O)c3ccc(N4CC5(CCCN(c6ccc(Nc7nc(N8CCC[C@H](N9CCN(C)C9=O)C8)cnc7C(N)=O)cc6)C5)C4)cc3C2=O)C(=O)N1. The zero-order valence-electron chi connectivity index (χ0n) is 32.1. The molecule has 0 radical (unpaired) electrons. The molecule has 6 amide bonds. The maximum absolute atomic E-state index is 13.5. The molecule has 5 fully saturated rings. The van der Waals surface area contributed by atoms with Crippen LogP contribution in [0.3, 0.4) is 0 Å². The molecule has 1 aromatic heterocycles. The van der Waals surface area contributed by atoms with E-state index in [1.54, 1.807) is 23.2 Å². The predicted octanol–water partition coefficient (Wildman–Crippen LogP) is 3.15. The Balaban J connectivity index is 0.842. The number of imide groups is 1. The van der Waals surface area contributed by atoms with Gasteiger partial charge in [-0.3, -0.25) is 24.1 Å². The van der Waals surface area contributed by atoms with E-state index in [2.05, 4.69) is 49.0 Å². The first-order chi connectivity index (χ1) is 27.5. The number of nitrogens with zero attached hydrogens (tertiary/aromatic N) is 8. The van der Waals surface area contributed by atoms with Crippen LogP contribution < -0.4 is 31.1 Å². The Hall–Kier alpha value is -6.19. The van der Waals surface area contributed by atoms with E-state index < -0.39 is 23.8 Å². The van der Waals surface area contributed by atoms with Crippen molar-refractivity contribution in [3.05, 3.63) is 77.8 Å². The van der Waals surface area contributed by atoms with Crippen LogP contribution in [0.15, 0.2) is 60.9 Å². The summed E-state index contributed by atoms with van der Waals surface area (Å²) in [5.41, 5.74) is 9.87. The van der Waals surface area contributed by atoms with Crippen LogP contribution in [-0.2, 0) is 4.79 Å². The summed E-state index contributed by atoms with van der Waals surface area (Å²) in [6.45, 7) is 10.1. The number of benzene rings is 2. The van der Waals surface area contributed by atoms with Crippen LogP contribution in [-0.4, -0.2) is 126 Å². The molecule has 6 aliphatic rings. The molecule has 1 unspecified atom stereocenters. The van der Waals surface area contributed by atoms with Crippen LogP contribution in [0.5, 0.6) is 0 Å². The molecule has 2 atom stereocenters. The molecule has 16 nitrogen and oxygen atoms in total. The largest absolute Gasteiger partial charge is 0.371 e. The van der Waals surface area contributed by atoms with Crippen molar-refractivity contribution in [1.82, 2.24) is 30.0 Å². The van der Waals surface area contributed by atoms with Crippen LogP contribution in [0.25, 0.3) is 0 Å². The van der Waals surface area contributed by atoms with Crippen molar-refractivity contribution in [3.63, 3.8) is 0 Å². The number of hydrogen-bond donors (Lipinski definition) is 3. The highest BCUT2D eigenvalue weighted by atomic mass is 16.2. The van der Waals surface area contributed by atoms with Gasteiger partial charge in [0.15, 0.2) is 11.5 Å². The Morgan fingerprint density at radius 3 is 2.37 bits per heavy atom. The molecule has 16 heteroatoms. The van der Waals surface area contributed by atoms with Gasteiger partial charge in [-0.25, -0.2) is 14.8 Å². The average molecular weight is 774 g/mol. The number of nitrogens with one attached hydrogen (secondary N) is 2. The van der Waals surface area contributed by atoms with E-state index in [4.69, 9.17) is 10.7 Å². The first-order valence-electron chi connectivity index (χ1n) is 19.8. The van der Waals surface area contributed by atoms with E-state index in [1.165, 1.54) is 0 Å². The van der Waals surface area contributed by atoms with Gasteiger partial charge in [0.2, 0.25) is 5.91 Å². The minimum Gasteiger partial charge on any atom is -0.371 e. The Morgan fingerprint density at radius 2 is 1.63 bits per heavy atom. The van der Waals surface area contributed by atoms with Gasteiger partial charge >= 0.3 is 6.03 Å². The second-order valence-corrected chi connectivity index (χ2v) is 16.3. The molecule has 3 aromatic rings. The number of urea groups is 1. The Labute approximate surface area is 330 Å². The van der Waals surface area contributed by atoms with Gasteiger partial charge in [-0.05, 0) is 81.0 Å². The maximum atomic E-state index is 13.5. The first kappa shape index (κ1) is 36.4. The molecule has 0 bridgehead atoms. The topological polar surface area (TPSA) is 181 Å². The third kappa shape index (κ3) is 6.55. The number of piperidine rings is 3. The lowest BCUT2D eigenvalue weighted by Gasteiger charge is -2.56. The van der Waals surface area contributed by atoms with E-state index in [-0.39, 0.29) is 34.9 Å². The van der Waals surface area contributed by atoms with Gasteiger partial charge in [-0.2, -0.15) is 0 Å². The maximum Gasteiger partial charge on any atom is 0.320 e. The quantitative estimate of drug-likeness (QED) is 0.286. The molecule has 7 heterocycles. The smallest absolute Gasteiger partial charge is 0.320 e. The Morgan fingerprint density at radius 1 is 0.895 bits per heavy atom. The van der Waals surface area contributed by atoms with E-state index in [0.717, 1.165) is 86.9 Å². The molecule has 9 rings (SSSR count). The zero-order valence-corrected chi connectivity index (χ0v) is 32.1. The van der Waals surface area contributed by atoms with Crippen LogP contribution >= 0.6 is 0 Å². The van der Waals surface area contributed by atoms with Gasteiger partial charge in [-0.15, -0.1) is 0 Å². The number of allylic oxidation sites excluding steroid dienone is 1. The summed E-state index contributed by atoms with van der Waals surface area (Å²) in [7, 11) is 1.83. The number of nitrogens with two attached hydrogens (primary N) is 1. The summed E-state index contributed by atoms with van der Waals surface area (Å²) in [6.07, 6.45) is 6.44. The van der Waals surface area contributed by atoms with Crippen LogP contribution in [0.2, 0.25) is 0 Å². The van der Waals surface area contributed by atoms with Crippen molar-refractivity contribution in [2.45, 2.75) is 50.6 Å². The number of rotatable bonds is 8. The van der Waals surface area contributed by atoms with Crippen molar-refractivity contribution in [1.29, 1.82) is 0 Å². The first-order valence-corrected chi connectivity index (χ1v) is 19.8. The summed E-state index contributed by atoms with van der Waals surface area (Å²) < 4.78 is 0. The van der Waals surface area contributed by atoms with Gasteiger partial charge in [0.1, 0.15) is 11.9 Å². The Kier molecular flexibility index (Phi) is 9.00. The highest BCUT2D eigenvalue weighted by Gasteiger charge is 2.48. The molecular weight excluding hydrogens is 727 g/mol. The number of fused-ring (bicyclic) bond motifs is 1. The number of carbonyl (C=O) groups excluding carboxylic acids is 5. The normalized spacial score (nSPS) is 23.3. The highest BCUT2D eigenvalue weighted by molar-refractivity contribution is 6.23. The minimum atomic E-state index is -0.834. The third-order valence-corrected chi connectivity index (χ3v) is 12.5. The standard InChI is InChI=1S/C41H47N11O5/c1-25-6-13-32(37(54)44-25)52-38(55)30-12-11-28(19-31(30)39(52)56)50-23-41(24-50)14-4-16-49(22-41)27-9-7-26(8-10-27)45-36-34(35(42)53)43-20-33(46-36)48-15-3-5-29(21-48)51-18-17-47(2)40(51)57/h7-12,19-20,29,32H,1,3-6,13-18,21-24H2,2H3,(H2,42,53)(H,44,54)(H,45,46)/t29-,32?/m0/s1. The number of carbonyl (C=O) groups is 5. The molecule has 6 aliphatic heterocycles. The van der Waals surface area contributed by atoms with Gasteiger partial charge in [0, 0.05) is 87.6 Å². The molecule has 0 saturated carbocycles. The van der Waals surface area contributed by atoms with Crippen LogP contribution in [0, 0.1) is 5.41 Å². The highest BCUT2D eigenvalue weighted by Crippen LogP contribution is 2.43. The van der Waals surface area contributed by atoms with E-state index >= 15 is 0 Å². The molecule has 2 aromatic carbocycles. The number of amides is 6. The number of aromatic nitrogens is 2. The van der Waals surface area contributed by atoms with Crippen molar-refractivity contribution < 1.29 is 24.0 Å². The molecule has 4 N–H and O–H groups in total. The Bertz CT molecular complexity index is 2190. The summed E-state index contributed by atoms with van der Waals surface area (Å²) in [6, 6.07) is 12.8. The van der Waals surface area contributed by atoms with Crippen molar-refractivity contribution >= 4 is 58.4 Å². The lowest BCUT2D eigenvalue weighted by Crippen LogP contribution is -2.63. The zero-order chi connectivity index (χ0) is 39.6. The fourth-order valence-electron chi connectivity index (χ4n) is 9.48. The number of likely N-dealkylation sites (N-methyl/N-ethyl adjacent to an activating group) is 1. The minimum absolute atomic E-state index is 0.0545. The number of anilines is 5.